The average molecular weight is 449 g/mol. The van der Waals surface area contributed by atoms with E-state index >= 15 is 0 Å². The Morgan fingerprint density at radius 3 is 2.19 bits per heavy atom. The quantitative estimate of drug-likeness (QED) is 0.572. The van der Waals surface area contributed by atoms with Crippen molar-refractivity contribution in [2.45, 2.75) is 11.8 Å². The summed E-state index contributed by atoms with van der Waals surface area (Å²) in [5, 5.41) is 0. The molecule has 0 aliphatic carbocycles. The number of ether oxygens (including phenoxy) is 3. The zero-order valence-electron chi connectivity index (χ0n) is 18.0. The van der Waals surface area contributed by atoms with Crippen LogP contribution in [0, 0.1) is 6.92 Å². The molecule has 8 nitrogen and oxygen atoms in total. The molecule has 168 valence electrons. The van der Waals surface area contributed by atoms with E-state index in [0.29, 0.717) is 54.7 Å². The van der Waals surface area contributed by atoms with Crippen LogP contribution in [0.15, 0.2) is 47.4 Å². The second-order valence-electron chi connectivity index (χ2n) is 7.26. The van der Waals surface area contributed by atoms with E-state index in [1.54, 1.807) is 42.5 Å². The van der Waals surface area contributed by atoms with Gasteiger partial charge < -0.3 is 14.2 Å². The molecule has 3 rings (SSSR count). The highest BCUT2D eigenvalue weighted by molar-refractivity contribution is 7.89. The van der Waals surface area contributed by atoms with E-state index in [2.05, 4.69) is 4.90 Å². The lowest BCUT2D eigenvalue weighted by Gasteiger charge is -2.33. The average Bonchev–Trinajstić information content (AvgIpc) is 2.79. The van der Waals surface area contributed by atoms with Crippen LogP contribution in [0.3, 0.4) is 0 Å². The second-order valence-corrected chi connectivity index (χ2v) is 9.20. The van der Waals surface area contributed by atoms with Crippen LogP contribution < -0.4 is 9.47 Å². The molecular formula is C22H28N2O6S. The van der Waals surface area contributed by atoms with Crippen LogP contribution in [-0.4, -0.2) is 77.1 Å². The van der Waals surface area contributed by atoms with Crippen LogP contribution in [0.4, 0.5) is 0 Å². The zero-order chi connectivity index (χ0) is 22.4. The lowest BCUT2D eigenvalue weighted by molar-refractivity contribution is 0.0444. The lowest BCUT2D eigenvalue weighted by Crippen LogP contribution is -2.49. The van der Waals surface area contributed by atoms with E-state index in [1.165, 1.54) is 18.5 Å². The molecule has 0 aromatic heterocycles. The number of esters is 1. The summed E-state index contributed by atoms with van der Waals surface area (Å²) in [5.41, 5.74) is 1.40. The molecule has 1 aliphatic heterocycles. The number of benzene rings is 2. The van der Waals surface area contributed by atoms with Crippen molar-refractivity contribution in [1.82, 2.24) is 9.21 Å². The van der Waals surface area contributed by atoms with Gasteiger partial charge in [-0.25, -0.2) is 13.2 Å². The van der Waals surface area contributed by atoms with Gasteiger partial charge in [-0.15, -0.1) is 0 Å². The first-order chi connectivity index (χ1) is 14.8. The lowest BCUT2D eigenvalue weighted by atomic mass is 10.2. The van der Waals surface area contributed by atoms with Crippen molar-refractivity contribution in [2.24, 2.45) is 0 Å². The minimum atomic E-state index is -3.49. The van der Waals surface area contributed by atoms with Crippen molar-refractivity contribution in [2.75, 3.05) is 53.6 Å². The van der Waals surface area contributed by atoms with Gasteiger partial charge in [0.1, 0.15) is 6.61 Å². The van der Waals surface area contributed by atoms with Crippen LogP contribution in [-0.2, 0) is 14.8 Å². The molecule has 1 aliphatic rings. The number of piperazine rings is 1. The fourth-order valence-corrected chi connectivity index (χ4v) is 4.79. The zero-order valence-corrected chi connectivity index (χ0v) is 18.9. The van der Waals surface area contributed by atoms with Crippen LogP contribution in [0.1, 0.15) is 15.9 Å². The van der Waals surface area contributed by atoms with E-state index < -0.39 is 16.0 Å². The molecule has 9 heteroatoms. The molecule has 0 spiro atoms. The molecule has 0 atom stereocenters. The van der Waals surface area contributed by atoms with Gasteiger partial charge in [-0.3, -0.25) is 4.90 Å². The number of rotatable bonds is 8. The predicted octanol–water partition coefficient (Wildman–Crippen LogP) is 2.18. The third-order valence-electron chi connectivity index (χ3n) is 5.25. The van der Waals surface area contributed by atoms with Gasteiger partial charge in [-0.1, -0.05) is 17.7 Å². The number of carbonyl (C=O) groups is 1. The summed E-state index contributed by atoms with van der Waals surface area (Å²) in [7, 11) is -0.450. The minimum Gasteiger partial charge on any atom is -0.493 e. The van der Waals surface area contributed by atoms with Crippen LogP contribution >= 0.6 is 0 Å². The summed E-state index contributed by atoms with van der Waals surface area (Å²) < 4.78 is 42.8. The van der Waals surface area contributed by atoms with Crippen molar-refractivity contribution in [3.8, 4) is 11.5 Å². The van der Waals surface area contributed by atoms with Gasteiger partial charge >= 0.3 is 5.97 Å². The first-order valence-electron chi connectivity index (χ1n) is 10.0. The highest BCUT2D eigenvalue weighted by atomic mass is 32.2. The van der Waals surface area contributed by atoms with E-state index in [0.717, 1.165) is 5.56 Å². The van der Waals surface area contributed by atoms with Crippen molar-refractivity contribution >= 4 is 16.0 Å². The number of aryl methyl sites for hydroxylation is 1. The number of hydrogen-bond donors (Lipinski definition) is 0. The molecular weight excluding hydrogens is 420 g/mol. The summed E-state index contributed by atoms with van der Waals surface area (Å²) in [5.74, 6) is 0.557. The molecule has 0 saturated carbocycles. The van der Waals surface area contributed by atoms with Gasteiger partial charge in [-0.05, 0) is 37.3 Å². The Labute approximate surface area is 183 Å². The number of hydrogen-bond acceptors (Lipinski definition) is 7. The van der Waals surface area contributed by atoms with Crippen LogP contribution in [0.25, 0.3) is 0 Å². The van der Waals surface area contributed by atoms with Gasteiger partial charge in [0.15, 0.2) is 11.5 Å². The first kappa shape index (κ1) is 23.1. The van der Waals surface area contributed by atoms with E-state index in [-0.39, 0.29) is 6.61 Å². The smallest absolute Gasteiger partial charge is 0.338 e. The summed E-state index contributed by atoms with van der Waals surface area (Å²) >= 11 is 0. The fourth-order valence-electron chi connectivity index (χ4n) is 3.37. The standard InChI is InChI=1S/C22H28N2O6S/c1-17-4-7-19(8-5-17)31(26,27)24-12-10-23(11-13-24)14-15-30-22(25)18-6-9-20(28-2)21(16-18)29-3/h4-9,16H,10-15H2,1-3H3. The molecule has 0 amide bonds. The van der Waals surface area contributed by atoms with E-state index in [9.17, 15) is 13.2 Å². The fraction of sp³-hybridized carbons (Fsp3) is 0.409. The summed E-state index contributed by atoms with van der Waals surface area (Å²) in [6.07, 6.45) is 0. The maximum Gasteiger partial charge on any atom is 0.338 e. The Morgan fingerprint density at radius 2 is 1.58 bits per heavy atom. The van der Waals surface area contributed by atoms with E-state index in [1.807, 2.05) is 6.92 Å². The number of sulfonamides is 1. The maximum atomic E-state index is 12.8. The summed E-state index contributed by atoms with van der Waals surface area (Å²) in [4.78, 5) is 14.7. The third-order valence-corrected chi connectivity index (χ3v) is 7.16. The van der Waals surface area contributed by atoms with Gasteiger partial charge in [0.05, 0.1) is 24.7 Å². The summed E-state index contributed by atoms with van der Waals surface area (Å²) in [6.45, 7) is 4.65. The van der Waals surface area contributed by atoms with Crippen molar-refractivity contribution < 1.29 is 27.4 Å². The largest absolute Gasteiger partial charge is 0.493 e. The van der Waals surface area contributed by atoms with Crippen LogP contribution in [0.2, 0.25) is 0 Å². The molecule has 1 fully saturated rings. The van der Waals surface area contributed by atoms with Gasteiger partial charge in [0.25, 0.3) is 0 Å². The number of carbonyl (C=O) groups excluding carboxylic acids is 1. The third kappa shape index (κ3) is 5.55. The Morgan fingerprint density at radius 1 is 0.935 bits per heavy atom. The van der Waals surface area contributed by atoms with Crippen LogP contribution in [0.5, 0.6) is 11.5 Å². The Hall–Kier alpha value is -2.62. The van der Waals surface area contributed by atoms with E-state index in [4.69, 9.17) is 14.2 Å². The van der Waals surface area contributed by atoms with Gasteiger partial charge in [-0.2, -0.15) is 4.31 Å². The Kier molecular flexibility index (Phi) is 7.53. The highest BCUT2D eigenvalue weighted by Crippen LogP contribution is 2.27. The topological polar surface area (TPSA) is 85.4 Å². The van der Waals surface area contributed by atoms with Crippen molar-refractivity contribution in [3.63, 3.8) is 0 Å². The molecule has 2 aromatic rings. The Balaban J connectivity index is 1.47. The van der Waals surface area contributed by atoms with Gasteiger partial charge in [0, 0.05) is 32.7 Å². The molecule has 0 N–H and O–H groups in total. The second kappa shape index (κ2) is 10.1. The molecule has 31 heavy (non-hydrogen) atoms. The van der Waals surface area contributed by atoms with Crippen molar-refractivity contribution in [1.29, 1.82) is 0 Å². The van der Waals surface area contributed by atoms with Gasteiger partial charge in [0.2, 0.25) is 10.0 Å². The molecule has 1 heterocycles. The predicted molar refractivity (Wildman–Crippen MR) is 116 cm³/mol. The number of methoxy groups -OCH3 is 2. The SMILES string of the molecule is COc1ccc(C(=O)OCCN2CCN(S(=O)(=O)c3ccc(C)cc3)CC2)cc1OC. The monoisotopic (exact) mass is 448 g/mol. The maximum absolute atomic E-state index is 12.8. The molecule has 0 bridgehead atoms. The first-order valence-corrected chi connectivity index (χ1v) is 11.5. The summed E-state index contributed by atoms with van der Waals surface area (Å²) in [6, 6.07) is 11.7. The van der Waals surface area contributed by atoms with Crippen molar-refractivity contribution in [3.05, 3.63) is 53.6 Å². The number of nitrogens with zero attached hydrogens (tertiary/aromatic N) is 2. The Bertz CT molecular complexity index is 999. The minimum absolute atomic E-state index is 0.220. The molecule has 1 saturated heterocycles. The molecule has 0 radical (unpaired) electrons. The highest BCUT2D eigenvalue weighted by Gasteiger charge is 2.28. The normalized spacial score (nSPS) is 15.5. The molecule has 0 unspecified atom stereocenters. The molecule has 2 aromatic carbocycles.